The van der Waals surface area contributed by atoms with E-state index in [0.29, 0.717) is 0 Å². The van der Waals surface area contributed by atoms with Gasteiger partial charge in [-0.05, 0) is 49.0 Å². The molecule has 0 amide bonds. The maximum absolute atomic E-state index is 6.25. The topological polar surface area (TPSA) is 12.0 Å². The Hall–Kier alpha value is -0.390. The van der Waals surface area contributed by atoms with Crippen molar-refractivity contribution < 1.29 is 0 Å². The van der Waals surface area contributed by atoms with Crippen LogP contribution in [-0.4, -0.2) is 6.54 Å². The minimum Gasteiger partial charge on any atom is -0.305 e. The Morgan fingerprint density at radius 3 is 2.65 bits per heavy atom. The largest absolute Gasteiger partial charge is 0.305 e. The van der Waals surface area contributed by atoms with E-state index in [0.717, 1.165) is 17.3 Å². The fraction of sp³-hybridized carbons (Fsp3) is 0.333. The summed E-state index contributed by atoms with van der Waals surface area (Å²) in [6, 6.07) is 7.02. The predicted octanol–water partition coefficient (Wildman–Crippen LogP) is 6.08. The average molecular weight is 342 g/mol. The lowest BCUT2D eigenvalue weighted by atomic mass is 10.2. The van der Waals surface area contributed by atoms with Gasteiger partial charge < -0.3 is 5.32 Å². The maximum Gasteiger partial charge on any atom is 0.0961 e. The lowest BCUT2D eigenvalue weighted by Crippen LogP contribution is -2.21. The van der Waals surface area contributed by atoms with E-state index in [1.165, 1.54) is 24.7 Å². The molecule has 5 heteroatoms. The normalized spacial score (nSPS) is 13.2. The summed E-state index contributed by atoms with van der Waals surface area (Å²) in [4.78, 5) is 2.70. The number of hydrogen-bond acceptors (Lipinski definition) is 4. The van der Waals surface area contributed by atoms with Crippen molar-refractivity contribution in [3.05, 3.63) is 43.2 Å². The molecule has 1 unspecified atom stereocenters. The summed E-state index contributed by atoms with van der Waals surface area (Å²) in [7, 11) is 0. The first-order valence-corrected chi connectivity index (χ1v) is 9.54. The fourth-order valence-electron chi connectivity index (χ4n) is 2.18. The molecular formula is C15H16ClNS3. The smallest absolute Gasteiger partial charge is 0.0961 e. The van der Waals surface area contributed by atoms with Gasteiger partial charge in [-0.3, -0.25) is 0 Å². The molecule has 0 aromatic carbocycles. The molecule has 0 radical (unpaired) electrons. The van der Waals surface area contributed by atoms with Crippen LogP contribution < -0.4 is 5.32 Å². The van der Waals surface area contributed by atoms with Gasteiger partial charge in [0.05, 0.1) is 10.4 Å². The second kappa shape index (κ2) is 6.16. The van der Waals surface area contributed by atoms with E-state index in [4.69, 9.17) is 11.6 Å². The van der Waals surface area contributed by atoms with Gasteiger partial charge >= 0.3 is 0 Å². The summed E-state index contributed by atoms with van der Waals surface area (Å²) >= 11 is 11.6. The van der Waals surface area contributed by atoms with E-state index in [1.54, 1.807) is 11.3 Å². The van der Waals surface area contributed by atoms with Crippen molar-refractivity contribution in [3.63, 3.8) is 0 Å². The summed E-state index contributed by atoms with van der Waals surface area (Å²) in [5.74, 6) is 0. The van der Waals surface area contributed by atoms with Gasteiger partial charge in [0.2, 0.25) is 0 Å². The van der Waals surface area contributed by atoms with Crippen LogP contribution in [0.2, 0.25) is 4.34 Å². The summed E-state index contributed by atoms with van der Waals surface area (Å²) in [5.41, 5.74) is 1.17. The lowest BCUT2D eigenvalue weighted by molar-refractivity contribution is 0.613. The third kappa shape index (κ3) is 2.81. The molecule has 106 valence electrons. The third-order valence-electron chi connectivity index (χ3n) is 3.20. The first-order chi connectivity index (χ1) is 9.69. The molecule has 3 rings (SSSR count). The van der Waals surface area contributed by atoms with Crippen molar-refractivity contribution in [1.82, 2.24) is 5.32 Å². The Balaban J connectivity index is 1.98. The molecule has 0 aliphatic rings. The van der Waals surface area contributed by atoms with E-state index in [1.807, 2.05) is 22.7 Å². The SMILES string of the molecule is CCCNC(c1cc(C)c(Cl)s1)c1cc2sccc2s1. The summed E-state index contributed by atoms with van der Waals surface area (Å²) in [5, 5.41) is 5.82. The zero-order chi connectivity index (χ0) is 14.1. The van der Waals surface area contributed by atoms with Crippen LogP contribution in [0, 0.1) is 6.92 Å². The van der Waals surface area contributed by atoms with Gasteiger partial charge in [-0.2, -0.15) is 0 Å². The van der Waals surface area contributed by atoms with Crippen molar-refractivity contribution in [2.75, 3.05) is 6.54 Å². The predicted molar refractivity (Wildman–Crippen MR) is 93.9 cm³/mol. The highest BCUT2D eigenvalue weighted by Gasteiger charge is 2.19. The Kier molecular flexibility index (Phi) is 4.48. The maximum atomic E-state index is 6.25. The molecule has 1 nitrogen and oxygen atoms in total. The van der Waals surface area contributed by atoms with Gasteiger partial charge in [0, 0.05) is 19.2 Å². The number of rotatable bonds is 5. The van der Waals surface area contributed by atoms with Crippen LogP contribution in [0.5, 0.6) is 0 Å². The van der Waals surface area contributed by atoms with Crippen LogP contribution >= 0.6 is 45.6 Å². The Morgan fingerprint density at radius 2 is 2.00 bits per heavy atom. The van der Waals surface area contributed by atoms with Gasteiger partial charge in [-0.15, -0.1) is 34.0 Å². The zero-order valence-electron chi connectivity index (χ0n) is 11.4. The lowest BCUT2D eigenvalue weighted by Gasteiger charge is -2.15. The molecule has 0 aliphatic heterocycles. The molecule has 20 heavy (non-hydrogen) atoms. The molecule has 3 aromatic heterocycles. The van der Waals surface area contributed by atoms with Gasteiger partial charge in [0.15, 0.2) is 0 Å². The molecule has 0 aliphatic carbocycles. The average Bonchev–Trinajstić information content (AvgIpc) is 3.06. The molecule has 3 heterocycles. The molecule has 0 spiro atoms. The molecule has 1 N–H and O–H groups in total. The van der Waals surface area contributed by atoms with Crippen molar-refractivity contribution >= 4 is 55.0 Å². The van der Waals surface area contributed by atoms with Crippen LogP contribution in [0.3, 0.4) is 0 Å². The summed E-state index contributed by atoms with van der Waals surface area (Å²) in [6.45, 7) is 5.29. The van der Waals surface area contributed by atoms with Crippen LogP contribution in [0.1, 0.15) is 34.7 Å². The first-order valence-electron chi connectivity index (χ1n) is 6.65. The molecule has 0 saturated heterocycles. The van der Waals surface area contributed by atoms with Crippen LogP contribution in [0.15, 0.2) is 23.6 Å². The molecule has 0 fully saturated rings. The first kappa shape index (κ1) is 14.5. The zero-order valence-corrected chi connectivity index (χ0v) is 14.6. The number of aryl methyl sites for hydroxylation is 1. The third-order valence-corrected chi connectivity index (χ3v) is 6.98. The van der Waals surface area contributed by atoms with Crippen LogP contribution in [-0.2, 0) is 0 Å². The van der Waals surface area contributed by atoms with Crippen molar-refractivity contribution in [2.24, 2.45) is 0 Å². The molecule has 0 saturated carbocycles. The number of halogens is 1. The van der Waals surface area contributed by atoms with Crippen molar-refractivity contribution in [2.45, 2.75) is 26.3 Å². The van der Waals surface area contributed by atoms with E-state index in [-0.39, 0.29) is 6.04 Å². The number of fused-ring (bicyclic) bond motifs is 1. The number of thiophene rings is 3. The summed E-state index contributed by atoms with van der Waals surface area (Å²) < 4.78 is 3.67. The standard InChI is InChI=1S/C15H16ClNS3/c1-3-5-17-14(12-7-9(2)15(16)20-12)13-8-11-10(19-13)4-6-18-11/h4,6-8,14,17H,3,5H2,1-2H3. The summed E-state index contributed by atoms with van der Waals surface area (Å²) in [6.07, 6.45) is 1.13. The fourth-order valence-corrected chi connectivity index (χ4v) is 5.78. The highest BCUT2D eigenvalue weighted by atomic mass is 35.5. The quantitative estimate of drug-likeness (QED) is 0.593. The minimum atomic E-state index is 0.274. The van der Waals surface area contributed by atoms with Gasteiger partial charge in [-0.1, -0.05) is 18.5 Å². The van der Waals surface area contributed by atoms with Gasteiger partial charge in [0.25, 0.3) is 0 Å². The molecule has 3 aromatic rings. The van der Waals surface area contributed by atoms with E-state index < -0.39 is 0 Å². The number of hydrogen-bond donors (Lipinski definition) is 1. The highest BCUT2D eigenvalue weighted by molar-refractivity contribution is 7.27. The van der Waals surface area contributed by atoms with Crippen LogP contribution in [0.25, 0.3) is 9.40 Å². The Labute approximate surface area is 136 Å². The molecule has 1 atom stereocenters. The number of nitrogens with one attached hydrogen (secondary N) is 1. The van der Waals surface area contributed by atoms with Crippen LogP contribution in [0.4, 0.5) is 0 Å². The Bertz CT molecular complexity index is 662. The second-order valence-corrected chi connectivity index (χ2v) is 8.54. The van der Waals surface area contributed by atoms with E-state index in [9.17, 15) is 0 Å². The van der Waals surface area contributed by atoms with E-state index >= 15 is 0 Å². The molecular weight excluding hydrogens is 326 g/mol. The monoisotopic (exact) mass is 341 g/mol. The van der Waals surface area contributed by atoms with Crippen molar-refractivity contribution in [1.29, 1.82) is 0 Å². The Morgan fingerprint density at radius 1 is 1.20 bits per heavy atom. The minimum absolute atomic E-state index is 0.274. The van der Waals surface area contributed by atoms with E-state index in [2.05, 4.69) is 42.7 Å². The van der Waals surface area contributed by atoms with Gasteiger partial charge in [-0.25, -0.2) is 0 Å². The highest BCUT2D eigenvalue weighted by Crippen LogP contribution is 2.39. The van der Waals surface area contributed by atoms with Crippen molar-refractivity contribution in [3.8, 4) is 0 Å². The second-order valence-electron chi connectivity index (χ2n) is 4.79. The van der Waals surface area contributed by atoms with Gasteiger partial charge in [0.1, 0.15) is 0 Å². The molecule has 0 bridgehead atoms.